The van der Waals surface area contributed by atoms with Gasteiger partial charge in [-0.05, 0) is 42.5 Å². The molecule has 1 amide bonds. The standard InChI is InChI=1S/C20H18FN3O3/c1-26-16-7-8-17(18(11-16)27-2)23-15-6-9-19(22-12-15)24-20(25)13-4-3-5-14(21)10-13/h3-12,23H,1-2H3,(H,22,24,25). The average Bonchev–Trinajstić information content (AvgIpc) is 2.69. The first-order valence-electron chi connectivity index (χ1n) is 8.11. The zero-order valence-corrected chi connectivity index (χ0v) is 14.8. The van der Waals surface area contributed by atoms with Crippen molar-refractivity contribution in [1.29, 1.82) is 0 Å². The molecule has 2 N–H and O–H groups in total. The van der Waals surface area contributed by atoms with E-state index in [9.17, 15) is 9.18 Å². The van der Waals surface area contributed by atoms with E-state index >= 15 is 0 Å². The highest BCUT2D eigenvalue weighted by Crippen LogP contribution is 2.31. The third kappa shape index (κ3) is 4.52. The lowest BCUT2D eigenvalue weighted by Gasteiger charge is -2.12. The molecule has 0 spiro atoms. The summed E-state index contributed by atoms with van der Waals surface area (Å²) in [6.07, 6.45) is 1.57. The molecule has 0 unspecified atom stereocenters. The lowest BCUT2D eigenvalue weighted by atomic mass is 10.2. The van der Waals surface area contributed by atoms with Crippen LogP contribution in [0.4, 0.5) is 21.6 Å². The first kappa shape index (κ1) is 18.2. The SMILES string of the molecule is COc1ccc(Nc2ccc(NC(=O)c3cccc(F)c3)nc2)c(OC)c1. The van der Waals surface area contributed by atoms with Gasteiger partial charge >= 0.3 is 0 Å². The predicted molar refractivity (Wildman–Crippen MR) is 101 cm³/mol. The molecule has 1 heterocycles. The number of carbonyl (C=O) groups is 1. The van der Waals surface area contributed by atoms with Crippen LogP contribution in [-0.4, -0.2) is 25.1 Å². The van der Waals surface area contributed by atoms with E-state index in [1.807, 2.05) is 12.1 Å². The smallest absolute Gasteiger partial charge is 0.256 e. The maximum Gasteiger partial charge on any atom is 0.256 e. The lowest BCUT2D eigenvalue weighted by Crippen LogP contribution is -2.13. The van der Waals surface area contributed by atoms with Gasteiger partial charge in [0.15, 0.2) is 0 Å². The Balaban J connectivity index is 1.69. The van der Waals surface area contributed by atoms with Crippen LogP contribution < -0.4 is 20.1 Å². The van der Waals surface area contributed by atoms with E-state index < -0.39 is 11.7 Å². The summed E-state index contributed by atoms with van der Waals surface area (Å²) >= 11 is 0. The number of rotatable bonds is 6. The van der Waals surface area contributed by atoms with Crippen LogP contribution >= 0.6 is 0 Å². The molecule has 0 bridgehead atoms. The molecule has 6 nitrogen and oxygen atoms in total. The van der Waals surface area contributed by atoms with Crippen LogP contribution in [-0.2, 0) is 0 Å². The lowest BCUT2D eigenvalue weighted by molar-refractivity contribution is 0.102. The first-order chi connectivity index (χ1) is 13.1. The van der Waals surface area contributed by atoms with Crippen LogP contribution in [0.1, 0.15) is 10.4 Å². The van der Waals surface area contributed by atoms with Gasteiger partial charge in [-0.15, -0.1) is 0 Å². The molecule has 7 heteroatoms. The Labute approximate surface area is 156 Å². The Morgan fingerprint density at radius 3 is 2.56 bits per heavy atom. The fourth-order valence-electron chi connectivity index (χ4n) is 2.42. The van der Waals surface area contributed by atoms with Gasteiger partial charge in [-0.3, -0.25) is 4.79 Å². The van der Waals surface area contributed by atoms with Crippen molar-refractivity contribution >= 4 is 23.1 Å². The summed E-state index contributed by atoms with van der Waals surface area (Å²) in [5.41, 5.74) is 1.68. The fourth-order valence-corrected chi connectivity index (χ4v) is 2.42. The van der Waals surface area contributed by atoms with Crippen LogP contribution in [0.3, 0.4) is 0 Å². The minimum absolute atomic E-state index is 0.224. The number of pyridine rings is 1. The van der Waals surface area contributed by atoms with E-state index in [4.69, 9.17) is 9.47 Å². The second-order valence-corrected chi connectivity index (χ2v) is 5.59. The monoisotopic (exact) mass is 367 g/mol. The largest absolute Gasteiger partial charge is 0.497 e. The summed E-state index contributed by atoms with van der Waals surface area (Å²) in [4.78, 5) is 16.3. The average molecular weight is 367 g/mol. The van der Waals surface area contributed by atoms with Crippen LogP contribution in [0.15, 0.2) is 60.8 Å². The summed E-state index contributed by atoms with van der Waals surface area (Å²) in [6, 6.07) is 14.3. The zero-order valence-electron chi connectivity index (χ0n) is 14.8. The fraction of sp³-hybridized carbons (Fsp3) is 0.100. The first-order valence-corrected chi connectivity index (χ1v) is 8.11. The van der Waals surface area contributed by atoms with E-state index in [0.29, 0.717) is 23.0 Å². The van der Waals surface area contributed by atoms with Gasteiger partial charge in [-0.2, -0.15) is 0 Å². The number of halogens is 1. The van der Waals surface area contributed by atoms with Gasteiger partial charge < -0.3 is 20.1 Å². The second-order valence-electron chi connectivity index (χ2n) is 5.59. The van der Waals surface area contributed by atoms with Gasteiger partial charge in [-0.25, -0.2) is 9.37 Å². The molecule has 0 saturated carbocycles. The highest BCUT2D eigenvalue weighted by Gasteiger charge is 2.09. The van der Waals surface area contributed by atoms with E-state index in [1.54, 1.807) is 38.6 Å². The molecular weight excluding hydrogens is 349 g/mol. The quantitative estimate of drug-likeness (QED) is 0.682. The number of aromatic nitrogens is 1. The van der Waals surface area contributed by atoms with Gasteiger partial charge in [0, 0.05) is 11.6 Å². The van der Waals surface area contributed by atoms with Crippen LogP contribution in [0.25, 0.3) is 0 Å². The number of anilines is 3. The molecule has 0 saturated heterocycles. The molecule has 0 atom stereocenters. The molecule has 1 aromatic heterocycles. The molecule has 3 aromatic rings. The van der Waals surface area contributed by atoms with E-state index in [0.717, 1.165) is 5.69 Å². The maximum absolute atomic E-state index is 13.2. The molecule has 27 heavy (non-hydrogen) atoms. The summed E-state index contributed by atoms with van der Waals surface area (Å²) in [7, 11) is 3.16. The van der Waals surface area contributed by atoms with Gasteiger partial charge in [0.2, 0.25) is 0 Å². The highest BCUT2D eigenvalue weighted by molar-refractivity contribution is 6.03. The molecular formula is C20H18FN3O3. The van der Waals surface area contributed by atoms with Crippen molar-refractivity contribution in [3.63, 3.8) is 0 Å². The third-order valence-electron chi connectivity index (χ3n) is 3.78. The van der Waals surface area contributed by atoms with Gasteiger partial charge in [0.05, 0.1) is 31.8 Å². The molecule has 0 aliphatic rings. The Kier molecular flexibility index (Phi) is 5.51. The molecule has 138 valence electrons. The predicted octanol–water partition coefficient (Wildman–Crippen LogP) is 4.23. The van der Waals surface area contributed by atoms with E-state index in [-0.39, 0.29) is 5.56 Å². The number of nitrogens with zero attached hydrogens (tertiary/aromatic N) is 1. The summed E-state index contributed by atoms with van der Waals surface area (Å²) in [6.45, 7) is 0. The number of methoxy groups -OCH3 is 2. The topological polar surface area (TPSA) is 72.5 Å². The number of benzene rings is 2. The maximum atomic E-state index is 13.2. The Hall–Kier alpha value is -3.61. The van der Waals surface area contributed by atoms with Crippen molar-refractivity contribution in [2.45, 2.75) is 0 Å². The van der Waals surface area contributed by atoms with Crippen molar-refractivity contribution in [1.82, 2.24) is 4.98 Å². The number of amides is 1. The molecule has 2 aromatic carbocycles. The number of ether oxygens (including phenoxy) is 2. The normalized spacial score (nSPS) is 10.2. The van der Waals surface area contributed by atoms with Crippen molar-refractivity contribution < 1.29 is 18.7 Å². The van der Waals surface area contributed by atoms with Gasteiger partial charge in [0.25, 0.3) is 5.91 Å². The summed E-state index contributed by atoms with van der Waals surface area (Å²) in [5, 5.41) is 5.82. The Morgan fingerprint density at radius 2 is 1.89 bits per heavy atom. The Bertz CT molecular complexity index is 945. The van der Waals surface area contributed by atoms with E-state index in [1.165, 1.54) is 24.3 Å². The highest BCUT2D eigenvalue weighted by atomic mass is 19.1. The molecule has 3 rings (SSSR count). The van der Waals surface area contributed by atoms with Crippen molar-refractivity contribution in [2.24, 2.45) is 0 Å². The van der Waals surface area contributed by atoms with Gasteiger partial charge in [0.1, 0.15) is 23.1 Å². The Morgan fingerprint density at radius 1 is 1.04 bits per heavy atom. The minimum Gasteiger partial charge on any atom is -0.497 e. The number of hydrogen-bond donors (Lipinski definition) is 2. The zero-order chi connectivity index (χ0) is 19.2. The van der Waals surface area contributed by atoms with E-state index in [2.05, 4.69) is 15.6 Å². The van der Waals surface area contributed by atoms with Gasteiger partial charge in [-0.1, -0.05) is 6.07 Å². The number of carbonyl (C=O) groups excluding carboxylic acids is 1. The summed E-state index contributed by atoms with van der Waals surface area (Å²) in [5.74, 6) is 0.767. The van der Waals surface area contributed by atoms with Crippen molar-refractivity contribution in [3.05, 3.63) is 72.2 Å². The second kappa shape index (κ2) is 8.18. The molecule has 0 aliphatic heterocycles. The number of hydrogen-bond acceptors (Lipinski definition) is 5. The molecule has 0 aliphatic carbocycles. The number of nitrogens with one attached hydrogen (secondary N) is 2. The third-order valence-corrected chi connectivity index (χ3v) is 3.78. The van der Waals surface area contributed by atoms with Crippen molar-refractivity contribution in [3.8, 4) is 11.5 Å². The summed E-state index contributed by atoms with van der Waals surface area (Å²) < 4.78 is 23.7. The van der Waals surface area contributed by atoms with Crippen LogP contribution in [0.5, 0.6) is 11.5 Å². The molecule has 0 radical (unpaired) electrons. The van der Waals surface area contributed by atoms with Crippen LogP contribution in [0.2, 0.25) is 0 Å². The minimum atomic E-state index is -0.469. The molecule has 0 fully saturated rings. The van der Waals surface area contributed by atoms with Crippen molar-refractivity contribution in [2.75, 3.05) is 24.9 Å². The van der Waals surface area contributed by atoms with Crippen LogP contribution in [0, 0.1) is 5.82 Å².